The lowest BCUT2D eigenvalue weighted by atomic mass is 9.77. The van der Waals surface area contributed by atoms with Crippen LogP contribution >= 0.6 is 47.0 Å². The standard InChI is InChI=1S/C106H120O2S4/c1-5-9-13-17-73-21-29-77(30-22-73)81-37-45-85(46-38-81)89-53-61-93(62-54-89)109-97-69-70-98(110-94-63-55-90(56-64-94)86-47-39-82(40-48-86)78-31-23-74(24-32-78)18-14-10-6-2)102-101(97)105(107)103-99(111-95-65-57-91(58-66-95)87-49-41-83(42-50-87)79-33-25-75(26-34-79)19-15-11-7-3)71-72-100(104(103)106(102)108)112-96-67-59-92(60-68-96)88-51-43-84(44-52-88)80-35-27-76(28-36-80)20-16-12-8-4/h37-80H,5-36H2,1-4H3. The van der Waals surface area contributed by atoms with E-state index in [9.17, 15) is 0 Å². The van der Waals surface area contributed by atoms with E-state index in [4.69, 9.17) is 0 Å². The van der Waals surface area contributed by atoms with Crippen LogP contribution in [-0.4, -0.2) is 11.6 Å². The molecule has 112 heavy (non-hydrogen) atoms. The smallest absolute Gasteiger partial charge is 0.196 e. The molecule has 0 bridgehead atoms. The lowest BCUT2D eigenvalue weighted by Gasteiger charge is -2.29. The van der Waals surface area contributed by atoms with E-state index < -0.39 is 0 Å². The molecule has 2 nitrogen and oxygen atoms in total. The molecule has 0 aromatic heterocycles. The fraction of sp³-hybridized carbons (Fsp3) is 0.415. The molecule has 0 unspecified atom stereocenters. The molecule has 15 rings (SSSR count). The Kier molecular flexibility index (Phi) is 28.3. The number of hydrogen-bond donors (Lipinski definition) is 0. The third kappa shape index (κ3) is 20.1. The number of rotatable bonds is 32. The summed E-state index contributed by atoms with van der Waals surface area (Å²) in [7, 11) is 0. The van der Waals surface area contributed by atoms with E-state index >= 15 is 9.59 Å². The summed E-state index contributed by atoms with van der Waals surface area (Å²) in [5, 5.41) is 0. The Bertz CT molecular complexity index is 4060. The van der Waals surface area contributed by atoms with Crippen molar-refractivity contribution in [3.05, 3.63) is 263 Å². The predicted octanol–water partition coefficient (Wildman–Crippen LogP) is 33.2. The first-order valence-corrected chi connectivity index (χ1v) is 47.3. The minimum absolute atomic E-state index is 0.111. The molecule has 0 spiro atoms. The van der Waals surface area contributed by atoms with Crippen LogP contribution in [0.2, 0.25) is 0 Å². The fourth-order valence-electron chi connectivity index (χ4n) is 19.7. The Morgan fingerprint density at radius 3 is 0.554 bits per heavy atom. The molecule has 0 N–H and O–H groups in total. The normalized spacial score (nSPS) is 20.5. The van der Waals surface area contributed by atoms with E-state index in [0.717, 1.165) is 62.8 Å². The zero-order valence-electron chi connectivity index (χ0n) is 67.5. The zero-order chi connectivity index (χ0) is 76.5. The maximum atomic E-state index is 16.6. The summed E-state index contributed by atoms with van der Waals surface area (Å²) in [6.45, 7) is 9.24. The van der Waals surface area contributed by atoms with Crippen molar-refractivity contribution in [2.45, 2.75) is 296 Å². The van der Waals surface area contributed by atoms with Crippen molar-refractivity contribution < 1.29 is 9.59 Å². The van der Waals surface area contributed by atoms with Gasteiger partial charge in [-0.1, -0.05) is 323 Å². The van der Waals surface area contributed by atoms with Gasteiger partial charge >= 0.3 is 0 Å². The molecular weight excluding hydrogens is 1430 g/mol. The number of benzene rings is 10. The van der Waals surface area contributed by atoms with Gasteiger partial charge in [0.25, 0.3) is 0 Å². The van der Waals surface area contributed by atoms with E-state index in [-0.39, 0.29) is 11.6 Å². The molecule has 0 aliphatic heterocycles. The molecule has 4 fully saturated rings. The molecule has 5 aliphatic carbocycles. The molecule has 6 heteroatoms. The van der Waals surface area contributed by atoms with Crippen LogP contribution in [-0.2, 0) is 0 Å². The van der Waals surface area contributed by atoms with Gasteiger partial charge in [0.15, 0.2) is 11.6 Å². The van der Waals surface area contributed by atoms with Gasteiger partial charge in [-0.3, -0.25) is 9.59 Å². The number of hydrogen-bond acceptors (Lipinski definition) is 6. The van der Waals surface area contributed by atoms with E-state index in [1.165, 1.54) is 272 Å². The Hall–Kier alpha value is -7.06. The van der Waals surface area contributed by atoms with Crippen LogP contribution in [0.15, 0.2) is 258 Å². The first-order valence-electron chi connectivity index (χ1n) is 44.1. The second-order valence-corrected chi connectivity index (χ2v) is 38.6. The Labute approximate surface area is 690 Å². The number of ketones is 2. The molecule has 10 aromatic carbocycles. The van der Waals surface area contributed by atoms with E-state index in [1.807, 2.05) is 0 Å². The van der Waals surface area contributed by atoms with Gasteiger partial charge in [0, 0.05) is 61.4 Å². The first kappa shape index (κ1) is 80.1. The summed E-state index contributed by atoms with van der Waals surface area (Å²) < 4.78 is 0. The molecule has 0 heterocycles. The van der Waals surface area contributed by atoms with Crippen LogP contribution in [0.1, 0.15) is 311 Å². The highest BCUT2D eigenvalue weighted by Crippen LogP contribution is 2.51. The van der Waals surface area contributed by atoms with E-state index in [2.05, 4.69) is 246 Å². The van der Waals surface area contributed by atoms with Crippen molar-refractivity contribution in [3.8, 4) is 44.5 Å². The third-order valence-electron chi connectivity index (χ3n) is 26.6. The van der Waals surface area contributed by atoms with Gasteiger partial charge in [0.1, 0.15) is 0 Å². The first-order chi connectivity index (χ1) is 55.1. The summed E-state index contributed by atoms with van der Waals surface area (Å²) in [5.74, 6) is 5.94. The summed E-state index contributed by atoms with van der Waals surface area (Å²) >= 11 is 6.34. The molecule has 5 aliphatic rings. The van der Waals surface area contributed by atoms with Crippen LogP contribution in [0, 0.1) is 23.7 Å². The van der Waals surface area contributed by atoms with Crippen molar-refractivity contribution in [2.24, 2.45) is 23.7 Å². The monoisotopic (exact) mass is 1550 g/mol. The SMILES string of the molecule is CCCCCC1CCC(c2ccc(-c3ccc(Sc4ccc(Sc5ccc(-c6ccc(C7CCC(CCCCC)CC7)cc6)cc5)c5c4C(=O)c4c(Sc6ccc(-c7ccc(C8CCC(CCCCC)CC8)cc7)cc6)ccc(Sc6ccc(-c7ccc(C8CCC(CCCCC)CC8)cc7)cc6)c4C5=O)cc3)cc2)CC1. The number of unbranched alkanes of at least 4 members (excludes halogenated alkanes) is 8. The lowest BCUT2D eigenvalue weighted by Crippen LogP contribution is -2.24. The number of carbonyl (C=O) groups excluding carboxylic acids is 2. The minimum Gasteiger partial charge on any atom is -0.288 e. The molecule has 580 valence electrons. The Morgan fingerprint density at radius 1 is 0.214 bits per heavy atom. The molecule has 10 aromatic rings. The van der Waals surface area contributed by atoms with Crippen LogP contribution < -0.4 is 0 Å². The van der Waals surface area contributed by atoms with Crippen molar-refractivity contribution in [3.63, 3.8) is 0 Å². The minimum atomic E-state index is -0.111. The van der Waals surface area contributed by atoms with Crippen molar-refractivity contribution in [1.82, 2.24) is 0 Å². The Balaban J connectivity index is 0.723. The van der Waals surface area contributed by atoms with Gasteiger partial charge in [-0.15, -0.1) is 0 Å². The highest BCUT2D eigenvalue weighted by atomic mass is 32.2. The molecule has 0 amide bonds. The van der Waals surface area contributed by atoms with Crippen LogP contribution in [0.25, 0.3) is 44.5 Å². The second kappa shape index (κ2) is 39.5. The molecule has 0 saturated heterocycles. The highest BCUT2D eigenvalue weighted by Gasteiger charge is 2.39. The predicted molar refractivity (Wildman–Crippen MR) is 479 cm³/mol. The topological polar surface area (TPSA) is 34.1 Å². The quantitative estimate of drug-likeness (QED) is 0.0391. The zero-order valence-corrected chi connectivity index (χ0v) is 70.7. The van der Waals surface area contributed by atoms with Crippen LogP contribution in [0.3, 0.4) is 0 Å². The van der Waals surface area contributed by atoms with Crippen molar-refractivity contribution >= 4 is 58.6 Å². The highest BCUT2D eigenvalue weighted by molar-refractivity contribution is 8.00. The maximum absolute atomic E-state index is 16.6. The second-order valence-electron chi connectivity index (χ2n) is 34.1. The lowest BCUT2D eigenvalue weighted by molar-refractivity contribution is 0.0970. The van der Waals surface area contributed by atoms with Crippen LogP contribution in [0.5, 0.6) is 0 Å². The average molecular weight is 1550 g/mol. The van der Waals surface area contributed by atoms with Crippen molar-refractivity contribution in [1.29, 1.82) is 0 Å². The third-order valence-corrected chi connectivity index (χ3v) is 30.9. The van der Waals surface area contributed by atoms with Gasteiger partial charge in [-0.05, 0) is 290 Å². The van der Waals surface area contributed by atoms with Crippen LogP contribution in [0.4, 0.5) is 0 Å². The molecular formula is C106H120O2S4. The summed E-state index contributed by atoms with van der Waals surface area (Å²) in [4.78, 5) is 40.3. The van der Waals surface area contributed by atoms with Gasteiger partial charge in [-0.2, -0.15) is 0 Å². The number of carbonyl (C=O) groups is 2. The average Bonchev–Trinajstić information content (AvgIpc) is 0.722. The fourth-order valence-corrected chi connectivity index (χ4v) is 23.5. The van der Waals surface area contributed by atoms with E-state index in [1.54, 1.807) is 47.0 Å². The summed E-state index contributed by atoms with van der Waals surface area (Å²) in [6.07, 6.45) is 42.9. The maximum Gasteiger partial charge on any atom is 0.196 e. The van der Waals surface area contributed by atoms with Gasteiger partial charge < -0.3 is 0 Å². The Morgan fingerprint density at radius 2 is 0.384 bits per heavy atom. The van der Waals surface area contributed by atoms with Crippen molar-refractivity contribution in [2.75, 3.05) is 0 Å². The van der Waals surface area contributed by atoms with Gasteiger partial charge in [0.2, 0.25) is 0 Å². The number of fused-ring (bicyclic) bond motifs is 2. The molecule has 0 radical (unpaired) electrons. The molecule has 0 atom stereocenters. The van der Waals surface area contributed by atoms with Gasteiger partial charge in [0.05, 0.1) is 0 Å². The van der Waals surface area contributed by atoms with Gasteiger partial charge in [-0.25, -0.2) is 0 Å². The van der Waals surface area contributed by atoms with E-state index in [0.29, 0.717) is 45.9 Å². The summed E-state index contributed by atoms with van der Waals surface area (Å²) in [6, 6.07) is 81.3. The largest absolute Gasteiger partial charge is 0.288 e. The summed E-state index contributed by atoms with van der Waals surface area (Å²) in [5.41, 5.74) is 17.3. The molecule has 4 saturated carbocycles.